The maximum absolute atomic E-state index is 11.8. The SMILES string of the molecule is COc1ccc(-c2cc(=O)[nH]c3ccc(Cl)cc23)cc1. The number of ether oxygens (including phenoxy) is 1. The van der Waals surface area contributed by atoms with E-state index in [1.54, 1.807) is 19.2 Å². The Morgan fingerprint density at radius 3 is 2.50 bits per heavy atom. The number of aromatic amines is 1. The van der Waals surface area contributed by atoms with Gasteiger partial charge in [0.15, 0.2) is 0 Å². The molecule has 100 valence electrons. The van der Waals surface area contributed by atoms with Crippen LogP contribution >= 0.6 is 11.6 Å². The molecule has 3 rings (SSSR count). The maximum atomic E-state index is 11.8. The summed E-state index contributed by atoms with van der Waals surface area (Å²) in [6.45, 7) is 0. The smallest absolute Gasteiger partial charge is 0.249 e. The molecule has 0 spiro atoms. The molecule has 0 radical (unpaired) electrons. The van der Waals surface area contributed by atoms with Crippen LogP contribution in [-0.4, -0.2) is 12.1 Å². The maximum Gasteiger partial charge on any atom is 0.249 e. The molecule has 20 heavy (non-hydrogen) atoms. The van der Waals surface area contributed by atoms with E-state index in [2.05, 4.69) is 4.98 Å². The number of aromatic nitrogens is 1. The molecule has 0 bridgehead atoms. The third kappa shape index (κ3) is 2.28. The third-order valence-electron chi connectivity index (χ3n) is 3.21. The van der Waals surface area contributed by atoms with Crippen molar-refractivity contribution in [3.05, 3.63) is 63.9 Å². The average Bonchev–Trinajstić information content (AvgIpc) is 2.47. The number of halogens is 1. The minimum atomic E-state index is -0.134. The Kier molecular flexibility index (Phi) is 3.20. The number of H-pyrrole nitrogens is 1. The Morgan fingerprint density at radius 1 is 1.05 bits per heavy atom. The van der Waals surface area contributed by atoms with Gasteiger partial charge in [0.1, 0.15) is 5.75 Å². The number of hydrogen-bond acceptors (Lipinski definition) is 2. The van der Waals surface area contributed by atoms with Crippen LogP contribution in [0.5, 0.6) is 5.75 Å². The van der Waals surface area contributed by atoms with Gasteiger partial charge in [-0.3, -0.25) is 4.79 Å². The molecule has 1 heterocycles. The van der Waals surface area contributed by atoms with Crippen LogP contribution in [0.3, 0.4) is 0 Å². The largest absolute Gasteiger partial charge is 0.497 e. The summed E-state index contributed by atoms with van der Waals surface area (Å²) in [6, 6.07) is 14.6. The minimum Gasteiger partial charge on any atom is -0.497 e. The first-order chi connectivity index (χ1) is 9.67. The summed E-state index contributed by atoms with van der Waals surface area (Å²) in [5.74, 6) is 0.779. The zero-order valence-electron chi connectivity index (χ0n) is 10.8. The number of benzene rings is 2. The van der Waals surface area contributed by atoms with Gasteiger partial charge in [-0.25, -0.2) is 0 Å². The molecule has 2 aromatic carbocycles. The number of fused-ring (bicyclic) bond motifs is 1. The van der Waals surface area contributed by atoms with Crippen LogP contribution in [-0.2, 0) is 0 Å². The number of hydrogen-bond donors (Lipinski definition) is 1. The van der Waals surface area contributed by atoms with Gasteiger partial charge in [-0.05, 0) is 41.5 Å². The van der Waals surface area contributed by atoms with Gasteiger partial charge in [0.2, 0.25) is 5.56 Å². The Hall–Kier alpha value is -2.26. The molecule has 3 aromatic rings. The van der Waals surface area contributed by atoms with Gasteiger partial charge in [-0.15, -0.1) is 0 Å². The van der Waals surface area contributed by atoms with Gasteiger partial charge in [0.05, 0.1) is 7.11 Å². The van der Waals surface area contributed by atoms with Crippen molar-refractivity contribution >= 4 is 22.5 Å². The van der Waals surface area contributed by atoms with Crippen LogP contribution in [0.15, 0.2) is 53.3 Å². The van der Waals surface area contributed by atoms with Gasteiger partial charge in [-0.2, -0.15) is 0 Å². The van der Waals surface area contributed by atoms with E-state index in [1.807, 2.05) is 36.4 Å². The van der Waals surface area contributed by atoms with Crippen LogP contribution in [0.1, 0.15) is 0 Å². The first-order valence-corrected chi connectivity index (χ1v) is 6.52. The number of methoxy groups -OCH3 is 1. The molecule has 1 N–H and O–H groups in total. The fraction of sp³-hybridized carbons (Fsp3) is 0.0625. The second-order valence-corrected chi connectivity index (χ2v) is 4.90. The van der Waals surface area contributed by atoms with Crippen LogP contribution in [0, 0.1) is 0 Å². The highest BCUT2D eigenvalue weighted by Gasteiger charge is 2.07. The first kappa shape index (κ1) is 12.8. The molecule has 0 fully saturated rings. The Balaban J connectivity index is 2.28. The second kappa shape index (κ2) is 5.02. The van der Waals surface area contributed by atoms with Gasteiger partial charge in [-0.1, -0.05) is 23.7 Å². The summed E-state index contributed by atoms with van der Waals surface area (Å²) >= 11 is 6.05. The normalized spacial score (nSPS) is 10.7. The minimum absolute atomic E-state index is 0.134. The van der Waals surface area contributed by atoms with E-state index >= 15 is 0 Å². The highest BCUT2D eigenvalue weighted by atomic mass is 35.5. The second-order valence-electron chi connectivity index (χ2n) is 4.47. The Bertz CT molecular complexity index is 822. The first-order valence-electron chi connectivity index (χ1n) is 6.14. The molecular weight excluding hydrogens is 274 g/mol. The van der Waals surface area contributed by atoms with Crippen LogP contribution in [0.4, 0.5) is 0 Å². The van der Waals surface area contributed by atoms with E-state index in [-0.39, 0.29) is 5.56 Å². The molecule has 0 saturated carbocycles. The molecule has 0 atom stereocenters. The predicted molar refractivity (Wildman–Crippen MR) is 81.6 cm³/mol. The summed E-state index contributed by atoms with van der Waals surface area (Å²) in [6.07, 6.45) is 0. The topological polar surface area (TPSA) is 42.1 Å². The van der Waals surface area contributed by atoms with Gasteiger partial charge < -0.3 is 9.72 Å². The lowest BCUT2D eigenvalue weighted by molar-refractivity contribution is 0.415. The summed E-state index contributed by atoms with van der Waals surface area (Å²) in [7, 11) is 1.62. The van der Waals surface area contributed by atoms with E-state index in [0.29, 0.717) is 5.02 Å². The molecule has 0 aliphatic heterocycles. The summed E-state index contributed by atoms with van der Waals surface area (Å²) in [5.41, 5.74) is 2.44. The molecule has 0 aliphatic carbocycles. The quantitative estimate of drug-likeness (QED) is 0.777. The van der Waals surface area contributed by atoms with Crippen molar-refractivity contribution in [2.24, 2.45) is 0 Å². The van der Waals surface area contributed by atoms with Crippen molar-refractivity contribution in [2.45, 2.75) is 0 Å². The van der Waals surface area contributed by atoms with E-state index < -0.39 is 0 Å². The molecule has 3 nitrogen and oxygen atoms in total. The van der Waals surface area contributed by atoms with Crippen molar-refractivity contribution in [3.8, 4) is 16.9 Å². The standard InChI is InChI=1S/C16H12ClNO2/c1-20-12-5-2-10(3-6-12)13-9-16(19)18-15-7-4-11(17)8-14(13)15/h2-9H,1H3,(H,18,19). The van der Waals surface area contributed by atoms with Gasteiger partial charge >= 0.3 is 0 Å². The zero-order chi connectivity index (χ0) is 14.1. The van der Waals surface area contributed by atoms with Gasteiger partial charge in [0, 0.05) is 22.0 Å². The number of nitrogens with one attached hydrogen (secondary N) is 1. The molecule has 4 heteroatoms. The van der Waals surface area contributed by atoms with E-state index in [4.69, 9.17) is 16.3 Å². The average molecular weight is 286 g/mol. The lowest BCUT2D eigenvalue weighted by atomic mass is 10.0. The molecule has 0 unspecified atom stereocenters. The molecule has 1 aromatic heterocycles. The molecule has 0 aliphatic rings. The molecular formula is C16H12ClNO2. The molecule has 0 saturated heterocycles. The van der Waals surface area contributed by atoms with Crippen molar-refractivity contribution in [3.63, 3.8) is 0 Å². The van der Waals surface area contributed by atoms with Crippen LogP contribution in [0.2, 0.25) is 5.02 Å². The zero-order valence-corrected chi connectivity index (χ0v) is 11.6. The summed E-state index contributed by atoms with van der Waals surface area (Å²) in [5, 5.41) is 1.56. The summed E-state index contributed by atoms with van der Waals surface area (Å²) < 4.78 is 5.15. The predicted octanol–water partition coefficient (Wildman–Crippen LogP) is 3.86. The fourth-order valence-electron chi connectivity index (χ4n) is 2.24. The lowest BCUT2D eigenvalue weighted by Crippen LogP contribution is -2.04. The summed E-state index contributed by atoms with van der Waals surface area (Å²) in [4.78, 5) is 14.6. The monoisotopic (exact) mass is 285 g/mol. The van der Waals surface area contributed by atoms with Crippen LogP contribution < -0.4 is 10.3 Å². The van der Waals surface area contributed by atoms with Crippen molar-refractivity contribution < 1.29 is 4.74 Å². The number of pyridine rings is 1. The van der Waals surface area contributed by atoms with Crippen LogP contribution in [0.25, 0.3) is 22.0 Å². The lowest BCUT2D eigenvalue weighted by Gasteiger charge is -2.08. The number of rotatable bonds is 2. The fourth-order valence-corrected chi connectivity index (χ4v) is 2.41. The van der Waals surface area contributed by atoms with E-state index in [1.165, 1.54) is 0 Å². The third-order valence-corrected chi connectivity index (χ3v) is 3.44. The van der Waals surface area contributed by atoms with Gasteiger partial charge in [0.25, 0.3) is 0 Å². The highest BCUT2D eigenvalue weighted by molar-refractivity contribution is 6.31. The highest BCUT2D eigenvalue weighted by Crippen LogP contribution is 2.29. The van der Waals surface area contributed by atoms with E-state index in [0.717, 1.165) is 27.8 Å². The Labute approximate surface area is 120 Å². The van der Waals surface area contributed by atoms with E-state index in [9.17, 15) is 4.79 Å². The molecule has 0 amide bonds. The Morgan fingerprint density at radius 2 is 1.80 bits per heavy atom. The van der Waals surface area contributed by atoms with Crippen molar-refractivity contribution in [1.82, 2.24) is 4.98 Å². The van der Waals surface area contributed by atoms with Crippen molar-refractivity contribution in [2.75, 3.05) is 7.11 Å². The van der Waals surface area contributed by atoms with Crippen molar-refractivity contribution in [1.29, 1.82) is 0 Å².